The number of hydrogen-bond acceptors (Lipinski definition) is 3. The molecule has 2 aliphatic rings. The van der Waals surface area contributed by atoms with Crippen LogP contribution in [0.5, 0.6) is 0 Å². The third-order valence-electron chi connectivity index (χ3n) is 3.71. The predicted octanol–water partition coefficient (Wildman–Crippen LogP) is 3.17. The number of carbonyl (C=O) groups is 1. The molecule has 17 heavy (non-hydrogen) atoms. The summed E-state index contributed by atoms with van der Waals surface area (Å²) < 4.78 is 10.8. The molecule has 0 bridgehead atoms. The summed E-state index contributed by atoms with van der Waals surface area (Å²) in [7, 11) is 0. The lowest BCUT2D eigenvalue weighted by molar-refractivity contribution is -0.140. The van der Waals surface area contributed by atoms with Crippen LogP contribution in [0.2, 0.25) is 0 Å². The molecule has 3 nitrogen and oxygen atoms in total. The fraction of sp³-hybridized carbons (Fsp3) is 0.500. The van der Waals surface area contributed by atoms with Crippen LogP contribution in [0.4, 0.5) is 0 Å². The molecule has 90 valence electrons. The van der Waals surface area contributed by atoms with E-state index in [4.69, 9.17) is 9.15 Å². The molecule has 0 N–H and O–H groups in total. The maximum absolute atomic E-state index is 11.5. The van der Waals surface area contributed by atoms with Crippen molar-refractivity contribution in [1.82, 2.24) is 0 Å². The zero-order valence-electron chi connectivity index (χ0n) is 9.72. The lowest BCUT2D eigenvalue weighted by atomic mass is 9.82. The zero-order chi connectivity index (χ0) is 11.7. The molecule has 1 unspecified atom stereocenters. The number of furan rings is 1. The van der Waals surface area contributed by atoms with E-state index in [1.54, 1.807) is 12.3 Å². The molecule has 0 radical (unpaired) electrons. The van der Waals surface area contributed by atoms with Crippen LogP contribution in [-0.4, -0.2) is 12.1 Å². The molecule has 1 aromatic heterocycles. The Bertz CT molecular complexity index is 424. The largest absolute Gasteiger partial charge is 0.465 e. The van der Waals surface area contributed by atoms with Crippen LogP contribution >= 0.6 is 0 Å². The van der Waals surface area contributed by atoms with Crippen LogP contribution in [0.3, 0.4) is 0 Å². The average molecular weight is 232 g/mol. The first-order valence-corrected chi connectivity index (χ1v) is 6.30. The second-order valence-corrected chi connectivity index (χ2v) is 4.83. The number of rotatable bonds is 2. The van der Waals surface area contributed by atoms with Gasteiger partial charge in [-0.05, 0) is 25.0 Å². The summed E-state index contributed by atoms with van der Waals surface area (Å²) >= 11 is 0. The monoisotopic (exact) mass is 232 g/mol. The van der Waals surface area contributed by atoms with Crippen LogP contribution in [0, 0.1) is 5.92 Å². The van der Waals surface area contributed by atoms with E-state index >= 15 is 0 Å². The predicted molar refractivity (Wildman–Crippen MR) is 63.1 cm³/mol. The molecule has 0 saturated heterocycles. The number of esters is 1. The van der Waals surface area contributed by atoms with E-state index in [0.717, 1.165) is 24.2 Å². The molecule has 1 atom stereocenters. The Morgan fingerprint density at radius 2 is 2.00 bits per heavy atom. The topological polar surface area (TPSA) is 39.4 Å². The molecule has 0 aromatic carbocycles. The highest BCUT2D eigenvalue weighted by Gasteiger charge is 2.35. The van der Waals surface area contributed by atoms with Gasteiger partial charge in [-0.25, -0.2) is 4.79 Å². The molecule has 1 saturated carbocycles. The van der Waals surface area contributed by atoms with E-state index in [-0.39, 0.29) is 12.1 Å². The molecule has 1 aliphatic carbocycles. The van der Waals surface area contributed by atoms with Crippen LogP contribution in [0.1, 0.15) is 37.9 Å². The number of cyclic esters (lactones) is 1. The number of ether oxygens (including phenoxy) is 1. The average Bonchev–Trinajstić information content (AvgIpc) is 2.98. The molecule has 1 aromatic rings. The van der Waals surface area contributed by atoms with Crippen LogP contribution in [0.25, 0.3) is 5.57 Å². The zero-order valence-corrected chi connectivity index (χ0v) is 9.72. The molecule has 2 heterocycles. The Morgan fingerprint density at radius 1 is 1.18 bits per heavy atom. The first-order chi connectivity index (χ1) is 8.34. The van der Waals surface area contributed by atoms with E-state index < -0.39 is 0 Å². The van der Waals surface area contributed by atoms with Crippen molar-refractivity contribution < 1.29 is 13.9 Å². The van der Waals surface area contributed by atoms with Gasteiger partial charge in [0.05, 0.1) is 6.26 Å². The van der Waals surface area contributed by atoms with Crippen molar-refractivity contribution in [3.8, 4) is 0 Å². The Hall–Kier alpha value is -1.51. The van der Waals surface area contributed by atoms with E-state index in [9.17, 15) is 4.79 Å². The van der Waals surface area contributed by atoms with Gasteiger partial charge in [-0.3, -0.25) is 0 Å². The van der Waals surface area contributed by atoms with Crippen molar-refractivity contribution in [2.75, 3.05) is 0 Å². The van der Waals surface area contributed by atoms with Gasteiger partial charge in [-0.15, -0.1) is 0 Å². The van der Waals surface area contributed by atoms with Crippen LogP contribution in [0.15, 0.2) is 28.9 Å². The van der Waals surface area contributed by atoms with Gasteiger partial charge in [-0.2, -0.15) is 0 Å². The normalized spacial score (nSPS) is 25.8. The Balaban J connectivity index is 1.84. The second kappa shape index (κ2) is 4.40. The molecule has 0 spiro atoms. The second-order valence-electron chi connectivity index (χ2n) is 4.83. The lowest BCUT2D eigenvalue weighted by Gasteiger charge is -2.27. The summed E-state index contributed by atoms with van der Waals surface area (Å²) in [6.07, 6.45) is 9.21. The number of carbonyl (C=O) groups excluding carboxylic acids is 1. The highest BCUT2D eigenvalue weighted by molar-refractivity contribution is 5.96. The van der Waals surface area contributed by atoms with E-state index in [1.165, 1.54) is 19.3 Å². The van der Waals surface area contributed by atoms with E-state index in [0.29, 0.717) is 5.92 Å². The SMILES string of the molecule is O=C1C=C(c2ccco2)C(C2CCCCC2)O1. The minimum Gasteiger partial charge on any atom is -0.465 e. The highest BCUT2D eigenvalue weighted by Crippen LogP contribution is 2.37. The van der Waals surface area contributed by atoms with Gasteiger partial charge >= 0.3 is 5.97 Å². The first kappa shape index (κ1) is 10.6. The van der Waals surface area contributed by atoms with Gasteiger partial charge in [0.2, 0.25) is 0 Å². The minimum atomic E-state index is -0.230. The molecule has 1 fully saturated rings. The first-order valence-electron chi connectivity index (χ1n) is 6.30. The maximum Gasteiger partial charge on any atom is 0.331 e. The summed E-state index contributed by atoms with van der Waals surface area (Å²) in [4.78, 5) is 11.5. The van der Waals surface area contributed by atoms with Gasteiger partial charge in [0.25, 0.3) is 0 Å². The number of hydrogen-bond donors (Lipinski definition) is 0. The molecule has 0 amide bonds. The van der Waals surface area contributed by atoms with Crippen molar-refractivity contribution in [2.45, 2.75) is 38.2 Å². The van der Waals surface area contributed by atoms with Crippen molar-refractivity contribution in [2.24, 2.45) is 5.92 Å². The van der Waals surface area contributed by atoms with Crippen LogP contribution in [-0.2, 0) is 9.53 Å². The van der Waals surface area contributed by atoms with Crippen molar-refractivity contribution in [1.29, 1.82) is 0 Å². The Morgan fingerprint density at radius 3 is 2.71 bits per heavy atom. The Labute approximate surface area is 100 Å². The summed E-state index contributed by atoms with van der Waals surface area (Å²) in [5.74, 6) is 1.00. The smallest absolute Gasteiger partial charge is 0.331 e. The van der Waals surface area contributed by atoms with Crippen molar-refractivity contribution in [3.05, 3.63) is 30.2 Å². The Kier molecular flexibility index (Phi) is 2.75. The third-order valence-corrected chi connectivity index (χ3v) is 3.71. The lowest BCUT2D eigenvalue weighted by Crippen LogP contribution is -2.25. The molecule has 1 aliphatic heterocycles. The minimum absolute atomic E-state index is 0.0889. The van der Waals surface area contributed by atoms with Gasteiger partial charge in [-0.1, -0.05) is 19.3 Å². The quantitative estimate of drug-likeness (QED) is 0.735. The van der Waals surface area contributed by atoms with Gasteiger partial charge < -0.3 is 9.15 Å². The molecule has 3 rings (SSSR count). The van der Waals surface area contributed by atoms with Gasteiger partial charge in [0.15, 0.2) is 0 Å². The van der Waals surface area contributed by atoms with E-state index in [2.05, 4.69) is 0 Å². The highest BCUT2D eigenvalue weighted by atomic mass is 16.5. The summed E-state index contributed by atoms with van der Waals surface area (Å²) in [6.45, 7) is 0. The van der Waals surface area contributed by atoms with Crippen molar-refractivity contribution in [3.63, 3.8) is 0 Å². The van der Waals surface area contributed by atoms with Crippen LogP contribution < -0.4 is 0 Å². The fourth-order valence-corrected chi connectivity index (χ4v) is 2.87. The van der Waals surface area contributed by atoms with Gasteiger partial charge in [0.1, 0.15) is 11.9 Å². The fourth-order valence-electron chi connectivity index (χ4n) is 2.87. The molecular weight excluding hydrogens is 216 g/mol. The summed E-state index contributed by atoms with van der Waals surface area (Å²) in [5, 5.41) is 0. The molecule has 3 heteroatoms. The standard InChI is InChI=1S/C14H16O3/c15-13-9-11(12-7-4-8-16-12)14(17-13)10-5-2-1-3-6-10/h4,7-10,14H,1-3,5-6H2. The summed E-state index contributed by atoms with van der Waals surface area (Å²) in [6, 6.07) is 3.74. The van der Waals surface area contributed by atoms with E-state index in [1.807, 2.05) is 12.1 Å². The molecular formula is C14H16O3. The van der Waals surface area contributed by atoms with Crippen molar-refractivity contribution >= 4 is 11.5 Å². The maximum atomic E-state index is 11.5. The van der Waals surface area contributed by atoms with Gasteiger partial charge in [0, 0.05) is 17.6 Å². The summed E-state index contributed by atoms with van der Waals surface area (Å²) in [5.41, 5.74) is 0.923. The third kappa shape index (κ3) is 2.02.